The lowest BCUT2D eigenvalue weighted by molar-refractivity contribution is -0.384. The van der Waals surface area contributed by atoms with E-state index in [1.807, 2.05) is 0 Å². The Kier molecular flexibility index (Phi) is 4.36. The van der Waals surface area contributed by atoms with Crippen molar-refractivity contribution >= 4 is 23.1 Å². The summed E-state index contributed by atoms with van der Waals surface area (Å²) in [4.78, 5) is 20.4. The Morgan fingerprint density at radius 1 is 1.50 bits per heavy atom. The maximum absolute atomic E-state index is 10.5. The Morgan fingerprint density at radius 2 is 2.06 bits per heavy atom. The van der Waals surface area contributed by atoms with E-state index < -0.39 is 10.9 Å². The number of rotatable bonds is 6. The van der Waals surface area contributed by atoms with Gasteiger partial charge in [-0.05, 0) is 19.1 Å². The largest absolute Gasteiger partial charge is 0.477 e. The van der Waals surface area contributed by atoms with Crippen molar-refractivity contribution in [2.75, 3.05) is 5.32 Å². The van der Waals surface area contributed by atoms with Crippen LogP contribution in [0.25, 0.3) is 0 Å². The number of nitro benzene ring substituents is 1. The highest BCUT2D eigenvalue weighted by Gasteiger charge is 2.12. The summed E-state index contributed by atoms with van der Waals surface area (Å²) in [5.41, 5.74) is 0.259. The van der Waals surface area contributed by atoms with Gasteiger partial charge in [-0.15, -0.1) is 0 Å². The molecule has 0 saturated carbocycles. The van der Waals surface area contributed by atoms with Gasteiger partial charge >= 0.3 is 5.97 Å². The Hall–Kier alpha value is -2.44. The van der Waals surface area contributed by atoms with Crippen molar-refractivity contribution in [2.45, 2.75) is 19.4 Å². The molecule has 1 atom stereocenters. The molecule has 1 rings (SSSR count). The highest BCUT2D eigenvalue weighted by atomic mass is 16.6. The molecule has 18 heavy (non-hydrogen) atoms. The van der Waals surface area contributed by atoms with Gasteiger partial charge in [0.1, 0.15) is 5.71 Å². The second-order valence-electron chi connectivity index (χ2n) is 3.84. The maximum atomic E-state index is 10.5. The number of hydrogen-bond donors (Lipinski definition) is 3. The average molecular weight is 251 g/mol. The molecule has 1 aromatic carbocycles. The number of nitrogens with zero attached hydrogens (tertiary/aromatic N) is 1. The van der Waals surface area contributed by atoms with Gasteiger partial charge in [0.15, 0.2) is 0 Å². The zero-order valence-electron chi connectivity index (χ0n) is 9.71. The normalized spacial score (nSPS) is 11.6. The van der Waals surface area contributed by atoms with E-state index in [0.717, 1.165) is 0 Å². The molecule has 0 amide bonds. The van der Waals surface area contributed by atoms with Gasteiger partial charge in [-0.2, -0.15) is 0 Å². The molecule has 3 N–H and O–H groups in total. The number of anilines is 1. The Balaban J connectivity index is 2.59. The van der Waals surface area contributed by atoms with Gasteiger partial charge in [0.2, 0.25) is 0 Å². The lowest BCUT2D eigenvalue weighted by Crippen LogP contribution is -2.23. The third-order valence-corrected chi connectivity index (χ3v) is 2.26. The Labute approximate surface area is 103 Å². The number of carbonyl (C=O) groups is 1. The number of nitro groups is 1. The summed E-state index contributed by atoms with van der Waals surface area (Å²) >= 11 is 0. The first kappa shape index (κ1) is 13.6. The summed E-state index contributed by atoms with van der Waals surface area (Å²) < 4.78 is 0. The van der Waals surface area contributed by atoms with Gasteiger partial charge in [0.25, 0.3) is 5.69 Å². The predicted molar refractivity (Wildman–Crippen MR) is 66.2 cm³/mol. The molecule has 0 aliphatic heterocycles. The van der Waals surface area contributed by atoms with Gasteiger partial charge < -0.3 is 10.4 Å². The molecule has 7 heteroatoms. The van der Waals surface area contributed by atoms with Gasteiger partial charge in [0.05, 0.1) is 4.92 Å². The number of nitrogens with one attached hydrogen (secondary N) is 2. The molecular weight excluding hydrogens is 238 g/mol. The SMILES string of the molecule is C[C@@H](CC(=N)C(=O)O)Nc1ccc([N+](=O)[O-])cc1. The van der Waals surface area contributed by atoms with E-state index in [9.17, 15) is 14.9 Å². The minimum absolute atomic E-state index is 0.00789. The van der Waals surface area contributed by atoms with Gasteiger partial charge in [0, 0.05) is 30.3 Å². The fourth-order valence-electron chi connectivity index (χ4n) is 1.41. The molecule has 0 radical (unpaired) electrons. The molecule has 0 spiro atoms. The van der Waals surface area contributed by atoms with E-state index in [2.05, 4.69) is 5.32 Å². The van der Waals surface area contributed by atoms with E-state index in [4.69, 9.17) is 10.5 Å². The fraction of sp³-hybridized carbons (Fsp3) is 0.273. The van der Waals surface area contributed by atoms with Crippen molar-refractivity contribution in [3.8, 4) is 0 Å². The van der Waals surface area contributed by atoms with Crippen LogP contribution in [0.3, 0.4) is 0 Å². The number of hydrogen-bond acceptors (Lipinski definition) is 5. The minimum Gasteiger partial charge on any atom is -0.477 e. The molecule has 0 saturated heterocycles. The molecular formula is C11H13N3O4. The highest BCUT2D eigenvalue weighted by Crippen LogP contribution is 2.16. The monoisotopic (exact) mass is 251 g/mol. The van der Waals surface area contributed by atoms with Gasteiger partial charge in [-0.1, -0.05) is 0 Å². The second-order valence-corrected chi connectivity index (χ2v) is 3.84. The van der Waals surface area contributed by atoms with E-state index >= 15 is 0 Å². The van der Waals surface area contributed by atoms with Crippen LogP contribution in [-0.4, -0.2) is 27.8 Å². The zero-order valence-corrected chi connectivity index (χ0v) is 9.71. The molecule has 0 bridgehead atoms. The van der Waals surface area contributed by atoms with Crippen LogP contribution >= 0.6 is 0 Å². The van der Waals surface area contributed by atoms with Crippen LogP contribution in [0.4, 0.5) is 11.4 Å². The highest BCUT2D eigenvalue weighted by molar-refractivity contribution is 6.34. The molecule has 96 valence electrons. The second kappa shape index (κ2) is 5.76. The summed E-state index contributed by atoms with van der Waals surface area (Å²) in [6, 6.07) is 5.56. The Bertz CT molecular complexity index is 470. The lowest BCUT2D eigenvalue weighted by atomic mass is 10.1. The van der Waals surface area contributed by atoms with Crippen molar-refractivity contribution < 1.29 is 14.8 Å². The molecule has 7 nitrogen and oxygen atoms in total. The van der Waals surface area contributed by atoms with E-state index in [1.54, 1.807) is 19.1 Å². The van der Waals surface area contributed by atoms with Crippen molar-refractivity contribution in [2.24, 2.45) is 0 Å². The zero-order chi connectivity index (χ0) is 13.7. The molecule has 0 unspecified atom stereocenters. The molecule has 0 fully saturated rings. The van der Waals surface area contributed by atoms with Gasteiger partial charge in [-0.25, -0.2) is 4.79 Å². The van der Waals surface area contributed by atoms with Crippen LogP contribution in [0, 0.1) is 15.5 Å². The van der Waals surface area contributed by atoms with Crippen LogP contribution in [0.5, 0.6) is 0 Å². The predicted octanol–water partition coefficient (Wildman–Crippen LogP) is 1.89. The first-order valence-corrected chi connectivity index (χ1v) is 5.22. The molecule has 1 aromatic rings. The number of carboxylic acid groups (broad SMARTS) is 1. The number of carboxylic acids is 1. The van der Waals surface area contributed by atoms with Crippen molar-refractivity contribution in [1.82, 2.24) is 0 Å². The first-order valence-electron chi connectivity index (χ1n) is 5.22. The van der Waals surface area contributed by atoms with Crippen LogP contribution in [0.1, 0.15) is 13.3 Å². The van der Waals surface area contributed by atoms with Gasteiger partial charge in [-0.3, -0.25) is 15.5 Å². The topological polar surface area (TPSA) is 116 Å². The lowest BCUT2D eigenvalue weighted by Gasteiger charge is -2.14. The van der Waals surface area contributed by atoms with Crippen molar-refractivity contribution in [3.05, 3.63) is 34.4 Å². The quantitative estimate of drug-likeness (QED) is 0.405. The molecule has 0 aliphatic carbocycles. The fourth-order valence-corrected chi connectivity index (χ4v) is 1.41. The van der Waals surface area contributed by atoms with Crippen molar-refractivity contribution in [1.29, 1.82) is 5.41 Å². The van der Waals surface area contributed by atoms with Crippen molar-refractivity contribution in [3.63, 3.8) is 0 Å². The molecule has 0 aromatic heterocycles. The summed E-state index contributed by atoms with van der Waals surface area (Å²) in [5, 5.41) is 29.2. The van der Waals surface area contributed by atoms with Crippen LogP contribution < -0.4 is 5.32 Å². The Morgan fingerprint density at radius 3 is 2.50 bits per heavy atom. The standard InChI is InChI=1S/C11H13N3O4/c1-7(6-10(12)11(15)16)13-8-2-4-9(5-3-8)14(17)18/h2-5,7,12-13H,6H2,1H3,(H,15,16)/t7-/m0/s1. The summed E-state index contributed by atoms with van der Waals surface area (Å²) in [7, 11) is 0. The summed E-state index contributed by atoms with van der Waals surface area (Å²) in [5.74, 6) is -1.24. The first-order chi connectivity index (χ1) is 8.40. The third kappa shape index (κ3) is 3.85. The van der Waals surface area contributed by atoms with E-state index in [0.29, 0.717) is 5.69 Å². The third-order valence-electron chi connectivity index (χ3n) is 2.26. The smallest absolute Gasteiger partial charge is 0.349 e. The van der Waals surface area contributed by atoms with E-state index in [1.165, 1.54) is 12.1 Å². The van der Waals surface area contributed by atoms with Crippen LogP contribution in [0.15, 0.2) is 24.3 Å². The minimum atomic E-state index is -1.24. The molecule has 0 aliphatic rings. The van der Waals surface area contributed by atoms with Crippen LogP contribution in [0.2, 0.25) is 0 Å². The number of aliphatic carboxylic acids is 1. The van der Waals surface area contributed by atoms with E-state index in [-0.39, 0.29) is 23.9 Å². The molecule has 0 heterocycles. The average Bonchev–Trinajstić information content (AvgIpc) is 2.29. The summed E-state index contributed by atoms with van der Waals surface area (Å²) in [6.07, 6.45) is 0.0757. The van der Waals surface area contributed by atoms with Crippen LogP contribution in [-0.2, 0) is 4.79 Å². The maximum Gasteiger partial charge on any atom is 0.349 e. The number of benzene rings is 1. The summed E-state index contributed by atoms with van der Waals surface area (Å²) in [6.45, 7) is 1.74. The number of non-ortho nitro benzene ring substituents is 1.